The molecule has 0 aromatic heterocycles. The van der Waals surface area contributed by atoms with Gasteiger partial charge in [-0.3, -0.25) is 0 Å². The first-order valence-electron chi connectivity index (χ1n) is 7.25. The summed E-state index contributed by atoms with van der Waals surface area (Å²) in [4.78, 5) is 4.53. The Labute approximate surface area is 143 Å². The van der Waals surface area contributed by atoms with Crippen molar-refractivity contribution in [1.82, 2.24) is 9.80 Å². The van der Waals surface area contributed by atoms with Gasteiger partial charge < -0.3 is 15.1 Å². The zero-order valence-corrected chi connectivity index (χ0v) is 15.2. The van der Waals surface area contributed by atoms with Crippen LogP contribution in [-0.4, -0.2) is 47.6 Å². The van der Waals surface area contributed by atoms with Crippen LogP contribution in [0.15, 0.2) is 18.2 Å². The molecule has 1 aromatic carbocycles. The molecular weight excluding hydrogens is 325 g/mol. The molecule has 0 spiro atoms. The van der Waals surface area contributed by atoms with Crippen LogP contribution in [0.2, 0.25) is 10.0 Å². The number of nitrogens with zero attached hydrogens (tertiary/aromatic N) is 2. The summed E-state index contributed by atoms with van der Waals surface area (Å²) in [6.45, 7) is 11.3. The van der Waals surface area contributed by atoms with Gasteiger partial charge in [0.15, 0.2) is 5.11 Å². The van der Waals surface area contributed by atoms with Gasteiger partial charge in [0.05, 0.1) is 10.0 Å². The molecule has 0 saturated carbocycles. The second-order valence-electron chi connectivity index (χ2n) is 4.67. The van der Waals surface area contributed by atoms with Crippen molar-refractivity contribution in [3.8, 4) is 0 Å². The Kier molecular flexibility index (Phi) is 8.34. The average Bonchev–Trinajstić information content (AvgIpc) is 2.47. The van der Waals surface area contributed by atoms with E-state index in [4.69, 9.17) is 35.4 Å². The van der Waals surface area contributed by atoms with Crippen molar-refractivity contribution < 1.29 is 0 Å². The quantitative estimate of drug-likeness (QED) is 0.738. The number of nitrogens with one attached hydrogen (secondary N) is 1. The predicted octanol–water partition coefficient (Wildman–Crippen LogP) is 4.35. The maximum absolute atomic E-state index is 6.02. The molecule has 0 radical (unpaired) electrons. The Morgan fingerprint density at radius 2 is 1.71 bits per heavy atom. The van der Waals surface area contributed by atoms with Gasteiger partial charge in [0.25, 0.3) is 0 Å². The van der Waals surface area contributed by atoms with E-state index < -0.39 is 0 Å². The van der Waals surface area contributed by atoms with E-state index in [1.165, 1.54) is 0 Å². The minimum absolute atomic E-state index is 0.524. The number of hydrogen-bond acceptors (Lipinski definition) is 2. The van der Waals surface area contributed by atoms with Crippen molar-refractivity contribution in [3.05, 3.63) is 28.2 Å². The molecule has 21 heavy (non-hydrogen) atoms. The van der Waals surface area contributed by atoms with Gasteiger partial charge in [-0.2, -0.15) is 0 Å². The fraction of sp³-hybridized carbons (Fsp3) is 0.533. The van der Waals surface area contributed by atoms with Crippen molar-refractivity contribution in [3.63, 3.8) is 0 Å². The average molecular weight is 348 g/mol. The molecule has 1 rings (SSSR count). The number of benzene rings is 1. The van der Waals surface area contributed by atoms with Gasteiger partial charge in [-0.15, -0.1) is 0 Å². The van der Waals surface area contributed by atoms with E-state index in [1.807, 2.05) is 6.07 Å². The molecule has 0 fully saturated rings. The zero-order valence-electron chi connectivity index (χ0n) is 12.8. The highest BCUT2D eigenvalue weighted by Gasteiger charge is 2.10. The molecule has 0 bridgehead atoms. The summed E-state index contributed by atoms with van der Waals surface area (Å²) >= 11 is 17.4. The summed E-state index contributed by atoms with van der Waals surface area (Å²) < 4.78 is 0. The molecule has 0 atom stereocenters. The van der Waals surface area contributed by atoms with E-state index in [2.05, 4.69) is 35.9 Å². The van der Waals surface area contributed by atoms with Crippen molar-refractivity contribution in [1.29, 1.82) is 0 Å². The molecule has 0 amide bonds. The number of likely N-dealkylation sites (N-methyl/N-ethyl adjacent to an activating group) is 2. The van der Waals surface area contributed by atoms with Crippen LogP contribution in [0.5, 0.6) is 0 Å². The number of hydrogen-bond donors (Lipinski definition) is 1. The third-order valence-corrected chi connectivity index (χ3v) is 4.52. The molecule has 0 aliphatic carbocycles. The first-order chi connectivity index (χ1) is 10.0. The molecule has 0 aliphatic rings. The summed E-state index contributed by atoms with van der Waals surface area (Å²) in [6.07, 6.45) is 0. The summed E-state index contributed by atoms with van der Waals surface area (Å²) in [5.41, 5.74) is 0.857. The molecule has 0 heterocycles. The normalized spacial score (nSPS) is 10.8. The van der Waals surface area contributed by atoms with E-state index in [9.17, 15) is 0 Å². The molecule has 0 saturated heterocycles. The summed E-state index contributed by atoms with van der Waals surface area (Å²) in [7, 11) is 0. The molecule has 1 aromatic rings. The van der Waals surface area contributed by atoms with Crippen LogP contribution in [0.1, 0.15) is 20.8 Å². The van der Waals surface area contributed by atoms with Gasteiger partial charge in [0, 0.05) is 25.3 Å². The maximum Gasteiger partial charge on any atom is 0.173 e. The molecule has 0 aliphatic heterocycles. The van der Waals surface area contributed by atoms with Crippen LogP contribution in [0.3, 0.4) is 0 Å². The van der Waals surface area contributed by atoms with E-state index in [-0.39, 0.29) is 0 Å². The summed E-state index contributed by atoms with van der Waals surface area (Å²) in [6, 6.07) is 5.42. The van der Waals surface area contributed by atoms with Gasteiger partial charge in [-0.25, -0.2) is 0 Å². The van der Waals surface area contributed by atoms with Gasteiger partial charge in [0.2, 0.25) is 0 Å². The number of anilines is 1. The summed E-state index contributed by atoms with van der Waals surface area (Å²) in [5, 5.41) is 4.99. The topological polar surface area (TPSA) is 18.5 Å². The smallest absolute Gasteiger partial charge is 0.173 e. The van der Waals surface area contributed by atoms with Gasteiger partial charge in [-0.05, 0) is 50.4 Å². The van der Waals surface area contributed by atoms with Crippen molar-refractivity contribution >= 4 is 46.2 Å². The zero-order chi connectivity index (χ0) is 15.8. The SMILES string of the molecule is CCN(CC)CCN(CC)C(=S)Nc1ccc(Cl)c(Cl)c1. The lowest BCUT2D eigenvalue weighted by Gasteiger charge is -2.27. The predicted molar refractivity (Wildman–Crippen MR) is 97.7 cm³/mol. The van der Waals surface area contributed by atoms with Crippen LogP contribution in [0.4, 0.5) is 5.69 Å². The first kappa shape index (κ1) is 18.5. The highest BCUT2D eigenvalue weighted by Crippen LogP contribution is 2.25. The van der Waals surface area contributed by atoms with Crippen molar-refractivity contribution in [2.45, 2.75) is 20.8 Å². The van der Waals surface area contributed by atoms with Gasteiger partial charge in [-0.1, -0.05) is 37.0 Å². The maximum atomic E-state index is 6.02. The van der Waals surface area contributed by atoms with Crippen molar-refractivity contribution in [2.24, 2.45) is 0 Å². The van der Waals surface area contributed by atoms with E-state index in [0.29, 0.717) is 15.2 Å². The third-order valence-electron chi connectivity index (χ3n) is 3.42. The second-order valence-corrected chi connectivity index (χ2v) is 5.87. The lowest BCUT2D eigenvalue weighted by atomic mass is 10.3. The Balaban J connectivity index is 2.60. The lowest BCUT2D eigenvalue weighted by molar-refractivity contribution is 0.272. The fourth-order valence-corrected chi connectivity index (χ4v) is 2.62. The molecule has 0 unspecified atom stereocenters. The van der Waals surface area contributed by atoms with Crippen LogP contribution in [0.25, 0.3) is 0 Å². The highest BCUT2D eigenvalue weighted by atomic mass is 35.5. The van der Waals surface area contributed by atoms with Crippen molar-refractivity contribution in [2.75, 3.05) is 38.0 Å². The molecule has 1 N–H and O–H groups in total. The van der Waals surface area contributed by atoms with E-state index >= 15 is 0 Å². The number of rotatable bonds is 7. The molecule has 3 nitrogen and oxygen atoms in total. The van der Waals surface area contributed by atoms with Crippen LogP contribution in [0, 0.1) is 0 Å². The monoisotopic (exact) mass is 347 g/mol. The van der Waals surface area contributed by atoms with Crippen LogP contribution < -0.4 is 5.32 Å². The molecule has 118 valence electrons. The Morgan fingerprint density at radius 1 is 1.05 bits per heavy atom. The Bertz CT molecular complexity index is 464. The van der Waals surface area contributed by atoms with Gasteiger partial charge >= 0.3 is 0 Å². The minimum atomic E-state index is 0.524. The molecular formula is C15H23Cl2N3S. The van der Waals surface area contributed by atoms with E-state index in [1.54, 1.807) is 12.1 Å². The first-order valence-corrected chi connectivity index (χ1v) is 8.41. The Morgan fingerprint density at radius 3 is 2.24 bits per heavy atom. The standard InChI is InChI=1S/C15H23Cl2N3S/c1-4-19(5-2)9-10-20(6-3)15(21)18-12-7-8-13(16)14(17)11-12/h7-8,11H,4-6,9-10H2,1-3H3,(H,18,21). The second kappa shape index (κ2) is 9.46. The van der Waals surface area contributed by atoms with E-state index in [0.717, 1.165) is 38.4 Å². The number of thiocarbonyl (C=S) groups is 1. The third kappa shape index (κ3) is 5.99. The van der Waals surface area contributed by atoms with Crippen LogP contribution in [-0.2, 0) is 0 Å². The van der Waals surface area contributed by atoms with Crippen LogP contribution >= 0.6 is 35.4 Å². The number of halogens is 2. The summed E-state index contributed by atoms with van der Waals surface area (Å²) in [5.74, 6) is 0. The lowest BCUT2D eigenvalue weighted by Crippen LogP contribution is -2.40. The minimum Gasteiger partial charge on any atom is -0.348 e. The fourth-order valence-electron chi connectivity index (χ4n) is 1.98. The Hall–Kier alpha value is -0.550. The molecule has 6 heteroatoms. The highest BCUT2D eigenvalue weighted by molar-refractivity contribution is 7.80. The van der Waals surface area contributed by atoms with Gasteiger partial charge in [0.1, 0.15) is 0 Å². The largest absolute Gasteiger partial charge is 0.348 e.